The van der Waals surface area contributed by atoms with Crippen LogP contribution >= 0.6 is 11.3 Å². The second-order valence-corrected chi connectivity index (χ2v) is 8.05. The summed E-state index contributed by atoms with van der Waals surface area (Å²) in [6.45, 7) is 8.49. The van der Waals surface area contributed by atoms with Gasteiger partial charge in [-0.15, -0.1) is 11.3 Å². The average molecular weight is 302 g/mol. The van der Waals surface area contributed by atoms with E-state index in [0.29, 0.717) is 0 Å². The lowest BCUT2D eigenvalue weighted by molar-refractivity contribution is 0.581. The Balaban J connectivity index is 2.14. The fourth-order valence-electron chi connectivity index (χ4n) is 1.87. The van der Waals surface area contributed by atoms with Gasteiger partial charge in [0, 0.05) is 17.5 Å². The van der Waals surface area contributed by atoms with E-state index in [4.69, 9.17) is 4.43 Å². The normalized spacial score (nSPS) is 11.4. The van der Waals surface area contributed by atoms with Crippen molar-refractivity contribution >= 4 is 32.3 Å². The zero-order valence-corrected chi connectivity index (χ0v) is 14.3. The van der Waals surface area contributed by atoms with Gasteiger partial charge in [-0.25, -0.2) is 0 Å². The number of aliphatic imine (C=N–C) groups is 1. The van der Waals surface area contributed by atoms with Gasteiger partial charge in [0.15, 0.2) is 0 Å². The van der Waals surface area contributed by atoms with Crippen LogP contribution in [0.5, 0.6) is 5.75 Å². The molecule has 1 aromatic carbocycles. The van der Waals surface area contributed by atoms with Crippen molar-refractivity contribution in [1.29, 1.82) is 0 Å². The van der Waals surface area contributed by atoms with Crippen LogP contribution in [0.2, 0.25) is 13.1 Å². The van der Waals surface area contributed by atoms with Crippen LogP contribution < -0.4 is 4.43 Å². The SMILES string of the molecule is Cc1ccc(N=CCc2sccc2C)c(O[Si](C)C)c1. The van der Waals surface area contributed by atoms with Crippen LogP contribution in [0, 0.1) is 13.8 Å². The molecule has 105 valence electrons. The van der Waals surface area contributed by atoms with Gasteiger partial charge in [0.2, 0.25) is 0 Å². The van der Waals surface area contributed by atoms with Crippen molar-refractivity contribution in [2.45, 2.75) is 33.4 Å². The van der Waals surface area contributed by atoms with Crippen molar-refractivity contribution in [2.75, 3.05) is 0 Å². The zero-order chi connectivity index (χ0) is 14.5. The van der Waals surface area contributed by atoms with Crippen LogP contribution in [-0.4, -0.2) is 15.3 Å². The highest BCUT2D eigenvalue weighted by molar-refractivity contribution is 7.10. The maximum Gasteiger partial charge on any atom is 0.274 e. The van der Waals surface area contributed by atoms with Gasteiger partial charge in [-0.05, 0) is 61.6 Å². The molecule has 0 spiro atoms. The van der Waals surface area contributed by atoms with Crippen molar-refractivity contribution in [1.82, 2.24) is 0 Å². The third kappa shape index (κ3) is 4.05. The summed E-state index contributed by atoms with van der Waals surface area (Å²) in [6, 6.07) is 8.33. The van der Waals surface area contributed by atoms with Gasteiger partial charge in [-0.2, -0.15) is 0 Å². The summed E-state index contributed by atoms with van der Waals surface area (Å²) in [5.74, 6) is 0.906. The predicted octanol–water partition coefficient (Wildman–Crippen LogP) is 4.94. The van der Waals surface area contributed by atoms with Crippen molar-refractivity contribution < 1.29 is 4.43 Å². The number of nitrogens with zero attached hydrogens (tertiary/aromatic N) is 1. The molecule has 0 aliphatic heterocycles. The number of thiophene rings is 1. The summed E-state index contributed by atoms with van der Waals surface area (Å²) in [5.41, 5.74) is 3.47. The fraction of sp³-hybridized carbons (Fsp3) is 0.312. The Hall–Kier alpha value is -1.39. The van der Waals surface area contributed by atoms with Crippen molar-refractivity contribution in [3.05, 3.63) is 45.6 Å². The smallest absolute Gasteiger partial charge is 0.274 e. The van der Waals surface area contributed by atoms with Gasteiger partial charge in [-0.1, -0.05) is 6.07 Å². The third-order valence-corrected chi connectivity index (χ3v) is 4.58. The first-order valence-corrected chi connectivity index (χ1v) is 9.99. The third-order valence-electron chi connectivity index (χ3n) is 2.90. The van der Waals surface area contributed by atoms with Crippen LogP contribution in [0.4, 0.5) is 5.69 Å². The summed E-state index contributed by atoms with van der Waals surface area (Å²) in [7, 11) is -0.771. The van der Waals surface area contributed by atoms with E-state index in [1.54, 1.807) is 11.3 Å². The summed E-state index contributed by atoms with van der Waals surface area (Å²) in [6.07, 6.45) is 2.86. The van der Waals surface area contributed by atoms with E-state index in [1.807, 2.05) is 12.3 Å². The number of benzene rings is 1. The predicted molar refractivity (Wildman–Crippen MR) is 90.2 cm³/mol. The van der Waals surface area contributed by atoms with E-state index in [-0.39, 0.29) is 0 Å². The van der Waals surface area contributed by atoms with E-state index < -0.39 is 9.04 Å². The van der Waals surface area contributed by atoms with E-state index in [1.165, 1.54) is 16.0 Å². The molecule has 0 saturated carbocycles. The Morgan fingerprint density at radius 3 is 2.70 bits per heavy atom. The molecule has 4 heteroatoms. The molecule has 0 aliphatic rings. The molecule has 1 heterocycles. The van der Waals surface area contributed by atoms with Gasteiger partial charge in [-0.3, -0.25) is 4.99 Å². The molecular weight excluding hydrogens is 282 g/mol. The highest BCUT2D eigenvalue weighted by Crippen LogP contribution is 2.29. The molecular formula is C16H20NOSSi. The summed E-state index contributed by atoms with van der Waals surface area (Å²) < 4.78 is 5.93. The Bertz CT molecular complexity index is 604. The fourth-order valence-corrected chi connectivity index (χ4v) is 3.33. The molecule has 1 radical (unpaired) electrons. The monoisotopic (exact) mass is 302 g/mol. The van der Waals surface area contributed by atoms with Gasteiger partial charge in [0.1, 0.15) is 11.4 Å². The first-order chi connectivity index (χ1) is 9.56. The van der Waals surface area contributed by atoms with Gasteiger partial charge < -0.3 is 4.43 Å². The minimum Gasteiger partial charge on any atom is -0.541 e. The minimum absolute atomic E-state index is 0.771. The van der Waals surface area contributed by atoms with Crippen molar-refractivity contribution in [2.24, 2.45) is 4.99 Å². The van der Waals surface area contributed by atoms with E-state index in [0.717, 1.165) is 17.9 Å². The lowest BCUT2D eigenvalue weighted by Gasteiger charge is -2.11. The van der Waals surface area contributed by atoms with Crippen LogP contribution in [0.15, 0.2) is 34.6 Å². The molecule has 20 heavy (non-hydrogen) atoms. The average Bonchev–Trinajstić information content (AvgIpc) is 2.77. The van der Waals surface area contributed by atoms with Crippen LogP contribution in [0.25, 0.3) is 0 Å². The van der Waals surface area contributed by atoms with Gasteiger partial charge in [0.25, 0.3) is 9.04 Å². The van der Waals surface area contributed by atoms with Crippen molar-refractivity contribution in [3.8, 4) is 5.75 Å². The van der Waals surface area contributed by atoms with Gasteiger partial charge >= 0.3 is 0 Å². The zero-order valence-electron chi connectivity index (χ0n) is 12.4. The molecule has 0 amide bonds. The number of aryl methyl sites for hydroxylation is 2. The largest absolute Gasteiger partial charge is 0.541 e. The maximum absolute atomic E-state index is 5.93. The molecule has 0 bridgehead atoms. The molecule has 0 saturated heterocycles. The molecule has 0 unspecified atom stereocenters. The Labute approximate surface area is 126 Å². The Morgan fingerprint density at radius 2 is 2.05 bits per heavy atom. The number of hydrogen-bond donors (Lipinski definition) is 0. The topological polar surface area (TPSA) is 21.6 Å². The summed E-state index contributed by atoms with van der Waals surface area (Å²) >= 11 is 1.78. The summed E-state index contributed by atoms with van der Waals surface area (Å²) in [4.78, 5) is 5.96. The first kappa shape index (κ1) is 15.0. The second-order valence-electron chi connectivity index (χ2n) is 5.02. The molecule has 0 aliphatic carbocycles. The lowest BCUT2D eigenvalue weighted by atomic mass is 10.2. The Morgan fingerprint density at radius 1 is 1.25 bits per heavy atom. The molecule has 2 rings (SSSR count). The minimum atomic E-state index is -0.771. The molecule has 0 fully saturated rings. The standard InChI is InChI=1S/C16H20NOSSi/c1-12-5-6-14(15(11-12)18-20(3)4)17-9-7-16-13(2)8-10-19-16/h5-6,8-11H,7H2,1-4H3. The molecule has 2 nitrogen and oxygen atoms in total. The highest BCUT2D eigenvalue weighted by atomic mass is 32.1. The van der Waals surface area contributed by atoms with Crippen LogP contribution in [0.1, 0.15) is 16.0 Å². The molecule has 2 aromatic rings. The maximum atomic E-state index is 5.93. The van der Waals surface area contributed by atoms with Gasteiger partial charge in [0.05, 0.1) is 0 Å². The number of hydrogen-bond acceptors (Lipinski definition) is 3. The molecule has 0 atom stereocenters. The highest BCUT2D eigenvalue weighted by Gasteiger charge is 2.06. The Kier molecular flexibility index (Phi) is 5.15. The van der Waals surface area contributed by atoms with E-state index >= 15 is 0 Å². The number of rotatable bonds is 5. The van der Waals surface area contributed by atoms with E-state index in [2.05, 4.69) is 55.5 Å². The van der Waals surface area contributed by atoms with Crippen LogP contribution in [0.3, 0.4) is 0 Å². The lowest BCUT2D eigenvalue weighted by Crippen LogP contribution is -2.11. The molecule has 1 aromatic heterocycles. The quantitative estimate of drug-likeness (QED) is 0.566. The summed E-state index contributed by atoms with van der Waals surface area (Å²) in [5, 5.41) is 2.13. The second kappa shape index (κ2) is 6.86. The molecule has 0 N–H and O–H groups in total. The first-order valence-electron chi connectivity index (χ1n) is 6.70. The van der Waals surface area contributed by atoms with E-state index in [9.17, 15) is 0 Å². The van der Waals surface area contributed by atoms with Crippen molar-refractivity contribution in [3.63, 3.8) is 0 Å². The van der Waals surface area contributed by atoms with Crippen LogP contribution in [-0.2, 0) is 6.42 Å².